The van der Waals surface area contributed by atoms with Gasteiger partial charge >= 0.3 is 0 Å². The zero-order valence-corrected chi connectivity index (χ0v) is 20.2. The third-order valence-electron chi connectivity index (χ3n) is 8.75. The van der Waals surface area contributed by atoms with E-state index < -0.39 is 6.04 Å². The number of amides is 2. The van der Waals surface area contributed by atoms with Gasteiger partial charge in [-0.1, -0.05) is 26.0 Å². The van der Waals surface area contributed by atoms with E-state index in [0.29, 0.717) is 49.6 Å². The average molecular weight is 469 g/mol. The van der Waals surface area contributed by atoms with Gasteiger partial charge in [-0.25, -0.2) is 0 Å². The molecule has 4 aliphatic carbocycles. The van der Waals surface area contributed by atoms with Crippen LogP contribution in [-0.4, -0.2) is 53.9 Å². The Labute approximate surface area is 201 Å². The van der Waals surface area contributed by atoms with E-state index >= 15 is 0 Å². The van der Waals surface area contributed by atoms with Crippen molar-refractivity contribution in [2.24, 2.45) is 29.1 Å². The Bertz CT molecular complexity index is 934. The first-order valence-corrected chi connectivity index (χ1v) is 12.8. The predicted molar refractivity (Wildman–Crippen MR) is 129 cm³/mol. The van der Waals surface area contributed by atoms with Crippen molar-refractivity contribution in [2.45, 2.75) is 58.4 Å². The molecule has 1 unspecified atom stereocenters. The van der Waals surface area contributed by atoms with Crippen molar-refractivity contribution in [3.63, 3.8) is 0 Å². The van der Waals surface area contributed by atoms with E-state index in [1.807, 2.05) is 23.6 Å². The molecule has 8 heteroatoms. The fourth-order valence-electron chi connectivity index (χ4n) is 7.45. The number of nitrogens with one attached hydrogen (secondary N) is 1. The maximum absolute atomic E-state index is 13.6. The molecule has 0 radical (unpaired) electrons. The summed E-state index contributed by atoms with van der Waals surface area (Å²) in [6.07, 6.45) is 6.80. The molecule has 2 amide bonds. The van der Waals surface area contributed by atoms with Crippen molar-refractivity contribution < 1.29 is 14.5 Å². The minimum absolute atomic E-state index is 0.00129. The molecule has 5 aliphatic rings. The van der Waals surface area contributed by atoms with Gasteiger partial charge in [-0.05, 0) is 68.3 Å². The van der Waals surface area contributed by atoms with Gasteiger partial charge in [0.05, 0.1) is 4.92 Å². The van der Waals surface area contributed by atoms with Crippen LogP contribution in [0.2, 0.25) is 0 Å². The van der Waals surface area contributed by atoms with Crippen LogP contribution in [0.1, 0.15) is 52.4 Å². The molecule has 1 N–H and O–H groups in total. The first kappa shape index (κ1) is 23.1. The normalized spacial score (nSPS) is 31.0. The highest BCUT2D eigenvalue weighted by Gasteiger charge is 2.55. The Morgan fingerprint density at radius 1 is 1.00 bits per heavy atom. The van der Waals surface area contributed by atoms with E-state index in [2.05, 4.69) is 5.32 Å². The van der Waals surface area contributed by atoms with Crippen molar-refractivity contribution >= 4 is 23.2 Å². The standard InChI is InChI=1S/C26H36N4O4/c1-17(2)23(27-25(32)26-14-18-11-19(15-26)13-20(12-18)16-26)24(31)29-9-7-28(8-10-29)21-5-3-4-6-22(21)30(33)34/h3-6,17-20,23H,7-16H2,1-2H3,(H,27,32). The van der Waals surface area contributed by atoms with Crippen LogP contribution < -0.4 is 10.2 Å². The fourth-order valence-corrected chi connectivity index (χ4v) is 7.45. The van der Waals surface area contributed by atoms with E-state index in [1.54, 1.807) is 18.2 Å². The van der Waals surface area contributed by atoms with E-state index in [1.165, 1.54) is 25.3 Å². The van der Waals surface area contributed by atoms with Crippen LogP contribution in [0.4, 0.5) is 11.4 Å². The Morgan fingerprint density at radius 2 is 1.56 bits per heavy atom. The highest BCUT2D eigenvalue weighted by Crippen LogP contribution is 2.60. The maximum Gasteiger partial charge on any atom is 0.292 e. The molecule has 1 atom stereocenters. The SMILES string of the molecule is CC(C)C(NC(=O)C12CC3CC(CC(C3)C1)C2)C(=O)N1CCN(c2ccccc2[N+](=O)[O-])CC1. The van der Waals surface area contributed by atoms with E-state index in [9.17, 15) is 19.7 Å². The number of carbonyl (C=O) groups is 2. The quantitative estimate of drug-likeness (QED) is 0.508. The molecule has 4 bridgehead atoms. The zero-order chi connectivity index (χ0) is 24.0. The Kier molecular flexibility index (Phi) is 6.02. The van der Waals surface area contributed by atoms with Gasteiger partial charge in [-0.2, -0.15) is 0 Å². The number of para-hydroxylation sites is 2. The number of hydrogen-bond donors (Lipinski definition) is 1. The van der Waals surface area contributed by atoms with Crippen molar-refractivity contribution in [2.75, 3.05) is 31.1 Å². The summed E-state index contributed by atoms with van der Waals surface area (Å²) in [5.74, 6) is 2.10. The van der Waals surface area contributed by atoms with Gasteiger partial charge in [-0.15, -0.1) is 0 Å². The Morgan fingerprint density at radius 3 is 2.09 bits per heavy atom. The van der Waals surface area contributed by atoms with Gasteiger partial charge in [0, 0.05) is 37.7 Å². The largest absolute Gasteiger partial charge is 0.362 e. The van der Waals surface area contributed by atoms with Crippen LogP contribution in [0.3, 0.4) is 0 Å². The fraction of sp³-hybridized carbons (Fsp3) is 0.692. The highest BCUT2D eigenvalue weighted by molar-refractivity contribution is 5.90. The second-order valence-electron chi connectivity index (χ2n) is 11.5. The second kappa shape index (κ2) is 8.86. The summed E-state index contributed by atoms with van der Waals surface area (Å²) in [5.41, 5.74) is 0.410. The molecule has 1 heterocycles. The number of benzene rings is 1. The maximum atomic E-state index is 13.6. The summed E-state index contributed by atoms with van der Waals surface area (Å²) < 4.78 is 0. The molecule has 1 aliphatic heterocycles. The molecule has 184 valence electrons. The summed E-state index contributed by atoms with van der Waals surface area (Å²) in [5, 5.41) is 14.6. The van der Waals surface area contributed by atoms with Crippen molar-refractivity contribution in [1.82, 2.24) is 10.2 Å². The summed E-state index contributed by atoms with van der Waals surface area (Å²) in [6, 6.07) is 6.22. The van der Waals surface area contributed by atoms with Crippen LogP contribution in [0.15, 0.2) is 24.3 Å². The topological polar surface area (TPSA) is 95.8 Å². The van der Waals surface area contributed by atoms with Gasteiger partial charge in [0.1, 0.15) is 11.7 Å². The number of rotatable bonds is 6. The number of nitrogens with zero attached hydrogens (tertiary/aromatic N) is 3. The van der Waals surface area contributed by atoms with Crippen LogP contribution in [0.25, 0.3) is 0 Å². The molecule has 8 nitrogen and oxygen atoms in total. The third kappa shape index (κ3) is 4.16. The lowest BCUT2D eigenvalue weighted by Gasteiger charge is -2.56. The molecule has 0 spiro atoms. The predicted octanol–water partition coefficient (Wildman–Crippen LogP) is 3.60. The summed E-state index contributed by atoms with van der Waals surface area (Å²) >= 11 is 0. The molecule has 4 saturated carbocycles. The molecule has 5 fully saturated rings. The van der Waals surface area contributed by atoms with Crippen LogP contribution in [-0.2, 0) is 9.59 Å². The number of hydrogen-bond acceptors (Lipinski definition) is 5. The number of nitro benzene ring substituents is 1. The summed E-state index contributed by atoms with van der Waals surface area (Å²) in [6.45, 7) is 6.02. The number of nitro groups is 1. The van der Waals surface area contributed by atoms with Gasteiger partial charge < -0.3 is 15.1 Å². The molecule has 1 aromatic rings. The third-order valence-corrected chi connectivity index (χ3v) is 8.75. The van der Waals surface area contributed by atoms with Crippen LogP contribution in [0.5, 0.6) is 0 Å². The van der Waals surface area contributed by atoms with Gasteiger partial charge in [0.25, 0.3) is 5.69 Å². The van der Waals surface area contributed by atoms with E-state index in [0.717, 1.165) is 19.3 Å². The molecule has 6 rings (SSSR count). The molecular formula is C26H36N4O4. The smallest absolute Gasteiger partial charge is 0.292 e. The van der Waals surface area contributed by atoms with Gasteiger partial charge in [0.15, 0.2) is 0 Å². The minimum Gasteiger partial charge on any atom is -0.362 e. The van der Waals surface area contributed by atoms with E-state index in [4.69, 9.17) is 0 Å². The van der Waals surface area contributed by atoms with Crippen molar-refractivity contribution in [3.05, 3.63) is 34.4 Å². The van der Waals surface area contributed by atoms with Crippen LogP contribution in [0, 0.1) is 39.2 Å². The van der Waals surface area contributed by atoms with Gasteiger partial charge in [0.2, 0.25) is 11.8 Å². The first-order valence-electron chi connectivity index (χ1n) is 12.8. The highest BCUT2D eigenvalue weighted by atomic mass is 16.6. The number of piperazine rings is 1. The zero-order valence-electron chi connectivity index (χ0n) is 20.2. The monoisotopic (exact) mass is 468 g/mol. The first-order chi connectivity index (χ1) is 16.3. The molecule has 1 aromatic carbocycles. The summed E-state index contributed by atoms with van der Waals surface area (Å²) in [7, 11) is 0. The molecule has 0 aromatic heterocycles. The lowest BCUT2D eigenvalue weighted by molar-refractivity contribution is -0.384. The second-order valence-corrected chi connectivity index (χ2v) is 11.5. The van der Waals surface area contributed by atoms with Crippen LogP contribution >= 0.6 is 0 Å². The minimum atomic E-state index is -0.530. The van der Waals surface area contributed by atoms with Crippen molar-refractivity contribution in [1.29, 1.82) is 0 Å². The number of anilines is 1. The molecular weight excluding hydrogens is 432 g/mol. The van der Waals surface area contributed by atoms with Crippen molar-refractivity contribution in [3.8, 4) is 0 Å². The average Bonchev–Trinajstić information content (AvgIpc) is 2.81. The van der Waals surface area contributed by atoms with E-state index in [-0.39, 0.29) is 33.8 Å². The molecule has 34 heavy (non-hydrogen) atoms. The van der Waals surface area contributed by atoms with Gasteiger partial charge in [-0.3, -0.25) is 19.7 Å². The molecule has 1 saturated heterocycles. The Balaban J connectivity index is 1.24. The number of carbonyl (C=O) groups excluding carboxylic acids is 2. The lowest BCUT2D eigenvalue weighted by atomic mass is 9.49. The summed E-state index contributed by atoms with van der Waals surface area (Å²) in [4.78, 5) is 41.9. The Hall–Kier alpha value is -2.64. The lowest BCUT2D eigenvalue weighted by Crippen LogP contribution is -2.60.